The van der Waals surface area contributed by atoms with Crippen LogP contribution >= 0.6 is 15.9 Å². The summed E-state index contributed by atoms with van der Waals surface area (Å²) in [5.74, 6) is 0.301. The van der Waals surface area contributed by atoms with Crippen LogP contribution in [0.2, 0.25) is 0 Å². The summed E-state index contributed by atoms with van der Waals surface area (Å²) in [6.45, 7) is 3.07. The molecular formula is C13H20BrN3O. The van der Waals surface area contributed by atoms with Gasteiger partial charge in [-0.3, -0.25) is 0 Å². The molecule has 0 saturated carbocycles. The molecule has 1 atom stereocenters. The molecule has 0 bridgehead atoms. The van der Waals surface area contributed by atoms with Crippen LogP contribution in [0.1, 0.15) is 37.8 Å². The van der Waals surface area contributed by atoms with Gasteiger partial charge < -0.3 is 16.3 Å². The number of nitrogens with zero attached hydrogens (tertiary/aromatic N) is 1. The maximum Gasteiger partial charge on any atom is 0.139 e. The highest BCUT2D eigenvalue weighted by Gasteiger charge is 2.04. The Balaban J connectivity index is 2.23. The summed E-state index contributed by atoms with van der Waals surface area (Å²) in [7, 11) is 0. The van der Waals surface area contributed by atoms with Crippen molar-refractivity contribution >= 4 is 21.8 Å². The van der Waals surface area contributed by atoms with E-state index in [-0.39, 0.29) is 0 Å². The van der Waals surface area contributed by atoms with Crippen molar-refractivity contribution in [3.8, 4) is 0 Å². The molecule has 1 rings (SSSR count). The normalized spacial score (nSPS) is 13.6. The van der Waals surface area contributed by atoms with Gasteiger partial charge in [0.2, 0.25) is 0 Å². The van der Waals surface area contributed by atoms with E-state index < -0.39 is 0 Å². The van der Waals surface area contributed by atoms with Crippen LogP contribution in [0.4, 0.5) is 0 Å². The lowest BCUT2D eigenvalue weighted by molar-refractivity contribution is 0.316. The van der Waals surface area contributed by atoms with Crippen LogP contribution in [0.3, 0.4) is 0 Å². The van der Waals surface area contributed by atoms with Crippen molar-refractivity contribution < 1.29 is 5.21 Å². The molecular weight excluding hydrogens is 294 g/mol. The molecule has 0 aromatic heterocycles. The SMILES string of the molecule is CC(NCCCCC(N)=NO)c1cccc(Br)c1. The van der Waals surface area contributed by atoms with Gasteiger partial charge >= 0.3 is 0 Å². The fraction of sp³-hybridized carbons (Fsp3) is 0.462. The summed E-state index contributed by atoms with van der Waals surface area (Å²) < 4.78 is 1.10. The molecule has 0 amide bonds. The van der Waals surface area contributed by atoms with Crippen molar-refractivity contribution in [1.29, 1.82) is 0 Å². The third-order valence-electron chi connectivity index (χ3n) is 2.79. The average Bonchev–Trinajstić information content (AvgIpc) is 2.37. The van der Waals surface area contributed by atoms with Gasteiger partial charge in [0, 0.05) is 16.9 Å². The van der Waals surface area contributed by atoms with Crippen molar-refractivity contribution in [3.63, 3.8) is 0 Å². The first-order valence-electron chi connectivity index (χ1n) is 6.08. The van der Waals surface area contributed by atoms with Gasteiger partial charge in [-0.25, -0.2) is 0 Å². The van der Waals surface area contributed by atoms with E-state index in [2.05, 4.69) is 45.5 Å². The minimum absolute atomic E-state index is 0.301. The van der Waals surface area contributed by atoms with E-state index in [4.69, 9.17) is 10.9 Å². The molecule has 0 aliphatic carbocycles. The fourth-order valence-electron chi connectivity index (χ4n) is 1.69. The predicted molar refractivity (Wildman–Crippen MR) is 77.8 cm³/mol. The van der Waals surface area contributed by atoms with Crippen LogP contribution in [0.25, 0.3) is 0 Å². The molecule has 0 fully saturated rings. The molecule has 18 heavy (non-hydrogen) atoms. The Bertz CT molecular complexity index is 396. The van der Waals surface area contributed by atoms with Crippen LogP contribution in [0.5, 0.6) is 0 Å². The average molecular weight is 314 g/mol. The zero-order chi connectivity index (χ0) is 13.4. The Labute approximate surface area is 116 Å². The molecule has 100 valence electrons. The van der Waals surface area contributed by atoms with Gasteiger partial charge in [-0.05, 0) is 44.0 Å². The second-order valence-corrected chi connectivity index (χ2v) is 5.19. The van der Waals surface area contributed by atoms with Gasteiger partial charge in [0.1, 0.15) is 5.84 Å². The first-order valence-corrected chi connectivity index (χ1v) is 6.88. The molecule has 1 aromatic rings. The molecule has 0 aliphatic heterocycles. The third kappa shape index (κ3) is 5.51. The number of rotatable bonds is 7. The topological polar surface area (TPSA) is 70.6 Å². The lowest BCUT2D eigenvalue weighted by Crippen LogP contribution is -2.20. The Morgan fingerprint density at radius 3 is 2.94 bits per heavy atom. The lowest BCUT2D eigenvalue weighted by atomic mass is 10.1. The second kappa shape index (κ2) is 8.11. The summed E-state index contributed by atoms with van der Waals surface area (Å²) in [4.78, 5) is 0. The van der Waals surface area contributed by atoms with Crippen LogP contribution in [0.15, 0.2) is 33.9 Å². The molecule has 5 heteroatoms. The van der Waals surface area contributed by atoms with Crippen LogP contribution in [-0.2, 0) is 0 Å². The van der Waals surface area contributed by atoms with E-state index in [0.29, 0.717) is 18.3 Å². The van der Waals surface area contributed by atoms with E-state index in [1.165, 1.54) is 5.56 Å². The minimum atomic E-state index is 0.301. The quantitative estimate of drug-likeness (QED) is 0.238. The standard InChI is InChI=1S/C13H20BrN3O/c1-10(11-5-4-6-12(14)9-11)16-8-3-2-7-13(15)17-18/h4-6,9-10,16,18H,2-3,7-8H2,1H3,(H2,15,17). The Morgan fingerprint density at radius 1 is 1.50 bits per heavy atom. The highest BCUT2D eigenvalue weighted by Crippen LogP contribution is 2.17. The largest absolute Gasteiger partial charge is 0.409 e. The maximum absolute atomic E-state index is 8.40. The molecule has 0 heterocycles. The molecule has 1 aromatic carbocycles. The summed E-state index contributed by atoms with van der Waals surface area (Å²) in [6.07, 6.45) is 2.58. The van der Waals surface area contributed by atoms with Gasteiger partial charge in [-0.2, -0.15) is 0 Å². The van der Waals surface area contributed by atoms with Crippen molar-refractivity contribution in [3.05, 3.63) is 34.3 Å². The molecule has 0 spiro atoms. The van der Waals surface area contributed by atoms with E-state index in [1.54, 1.807) is 0 Å². The zero-order valence-electron chi connectivity index (χ0n) is 10.6. The van der Waals surface area contributed by atoms with Crippen molar-refractivity contribution in [2.75, 3.05) is 6.54 Å². The number of oxime groups is 1. The number of hydrogen-bond acceptors (Lipinski definition) is 3. The Morgan fingerprint density at radius 2 is 2.28 bits per heavy atom. The monoisotopic (exact) mass is 313 g/mol. The Hall–Kier alpha value is -1.07. The predicted octanol–water partition coefficient (Wildman–Crippen LogP) is 3.02. The molecule has 4 nitrogen and oxygen atoms in total. The highest BCUT2D eigenvalue weighted by molar-refractivity contribution is 9.10. The van der Waals surface area contributed by atoms with E-state index >= 15 is 0 Å². The number of benzene rings is 1. The maximum atomic E-state index is 8.40. The number of unbranched alkanes of at least 4 members (excludes halogenated alkanes) is 1. The van der Waals surface area contributed by atoms with Gasteiger partial charge in [0.25, 0.3) is 0 Å². The summed E-state index contributed by atoms with van der Waals surface area (Å²) in [6, 6.07) is 8.61. The van der Waals surface area contributed by atoms with E-state index in [9.17, 15) is 0 Å². The van der Waals surface area contributed by atoms with Crippen LogP contribution < -0.4 is 11.1 Å². The first-order chi connectivity index (χ1) is 8.63. The number of amidine groups is 1. The van der Waals surface area contributed by atoms with Crippen LogP contribution in [-0.4, -0.2) is 17.6 Å². The molecule has 0 saturated heterocycles. The fourth-order valence-corrected chi connectivity index (χ4v) is 2.11. The van der Waals surface area contributed by atoms with Gasteiger partial charge in [0.15, 0.2) is 0 Å². The minimum Gasteiger partial charge on any atom is -0.409 e. The zero-order valence-corrected chi connectivity index (χ0v) is 12.2. The number of halogens is 1. The first kappa shape index (κ1) is 15.0. The van der Waals surface area contributed by atoms with Crippen molar-refractivity contribution in [2.45, 2.75) is 32.2 Å². The number of nitrogens with two attached hydrogens (primary N) is 1. The van der Waals surface area contributed by atoms with E-state index in [0.717, 1.165) is 23.9 Å². The third-order valence-corrected chi connectivity index (χ3v) is 3.28. The number of hydrogen-bond donors (Lipinski definition) is 3. The molecule has 0 aliphatic rings. The highest BCUT2D eigenvalue weighted by atomic mass is 79.9. The molecule has 1 unspecified atom stereocenters. The molecule has 0 radical (unpaired) electrons. The van der Waals surface area contributed by atoms with Crippen molar-refractivity contribution in [1.82, 2.24) is 5.32 Å². The Kier molecular flexibility index (Phi) is 6.75. The van der Waals surface area contributed by atoms with Gasteiger partial charge in [-0.1, -0.05) is 33.2 Å². The molecule has 4 N–H and O–H groups in total. The summed E-state index contributed by atoms with van der Waals surface area (Å²) in [5, 5.41) is 14.8. The van der Waals surface area contributed by atoms with Crippen molar-refractivity contribution in [2.24, 2.45) is 10.9 Å². The lowest BCUT2D eigenvalue weighted by Gasteiger charge is -2.14. The summed E-state index contributed by atoms with van der Waals surface area (Å²) in [5.41, 5.74) is 6.66. The second-order valence-electron chi connectivity index (χ2n) is 4.28. The number of nitrogens with one attached hydrogen (secondary N) is 1. The smallest absolute Gasteiger partial charge is 0.139 e. The van der Waals surface area contributed by atoms with E-state index in [1.807, 2.05) is 12.1 Å². The van der Waals surface area contributed by atoms with Crippen LogP contribution in [0, 0.1) is 0 Å². The summed E-state index contributed by atoms with van der Waals surface area (Å²) >= 11 is 3.47. The van der Waals surface area contributed by atoms with Gasteiger partial charge in [0.05, 0.1) is 0 Å². The van der Waals surface area contributed by atoms with Gasteiger partial charge in [-0.15, -0.1) is 0 Å².